The summed E-state index contributed by atoms with van der Waals surface area (Å²) < 4.78 is 34.1. The molecule has 1 heterocycles. The van der Waals surface area contributed by atoms with Gasteiger partial charge in [-0.3, -0.25) is 0 Å². The summed E-state index contributed by atoms with van der Waals surface area (Å²) in [6.07, 6.45) is 0. The van der Waals surface area contributed by atoms with Gasteiger partial charge in [0.1, 0.15) is 13.1 Å². The number of nitrogens with one attached hydrogen (secondary N) is 2. The van der Waals surface area contributed by atoms with Crippen molar-refractivity contribution < 1.29 is 18.1 Å². The van der Waals surface area contributed by atoms with Gasteiger partial charge in [-0.1, -0.05) is 29.8 Å². The Morgan fingerprint density at radius 3 is 2.33 bits per heavy atom. The molecule has 0 radical (unpaired) electrons. The van der Waals surface area contributed by atoms with Crippen molar-refractivity contribution in [2.24, 2.45) is 0 Å². The van der Waals surface area contributed by atoms with Crippen LogP contribution in [0.1, 0.15) is 22.7 Å². The van der Waals surface area contributed by atoms with E-state index in [1.807, 2.05) is 37.3 Å². The number of nitrogens with zero attached hydrogens (tertiary/aromatic N) is 1. The minimum atomic E-state index is -3.70. The number of aryl methyl sites for hydroxylation is 1. The molecular formula is C20H24N3O3S+. The number of hydrogen-bond acceptors (Lipinski definition) is 4. The van der Waals surface area contributed by atoms with E-state index in [1.165, 1.54) is 29.2 Å². The van der Waals surface area contributed by atoms with Crippen LogP contribution in [0, 0.1) is 18.3 Å². The van der Waals surface area contributed by atoms with Gasteiger partial charge in [0.05, 0.1) is 42.3 Å². The number of sulfonamides is 1. The van der Waals surface area contributed by atoms with Crippen molar-refractivity contribution in [2.75, 3.05) is 32.8 Å². The maximum atomic E-state index is 12.9. The van der Waals surface area contributed by atoms with E-state index in [4.69, 9.17) is 10.00 Å². The highest BCUT2D eigenvalue weighted by molar-refractivity contribution is 7.89. The van der Waals surface area contributed by atoms with Crippen molar-refractivity contribution in [1.82, 2.24) is 4.72 Å². The molecule has 2 aromatic carbocycles. The highest BCUT2D eigenvalue weighted by atomic mass is 32.2. The van der Waals surface area contributed by atoms with Crippen molar-refractivity contribution in [3.63, 3.8) is 0 Å². The van der Waals surface area contributed by atoms with Gasteiger partial charge in [0, 0.05) is 0 Å². The third kappa shape index (κ3) is 5.15. The molecule has 1 aliphatic heterocycles. The van der Waals surface area contributed by atoms with Gasteiger partial charge >= 0.3 is 0 Å². The molecule has 2 N–H and O–H groups in total. The quantitative estimate of drug-likeness (QED) is 0.769. The number of benzene rings is 2. The van der Waals surface area contributed by atoms with Gasteiger partial charge in [0.25, 0.3) is 0 Å². The Balaban J connectivity index is 1.84. The Bertz CT molecular complexity index is 897. The van der Waals surface area contributed by atoms with Crippen LogP contribution in [-0.2, 0) is 14.8 Å². The van der Waals surface area contributed by atoms with Crippen LogP contribution >= 0.6 is 0 Å². The molecule has 27 heavy (non-hydrogen) atoms. The summed E-state index contributed by atoms with van der Waals surface area (Å²) in [5, 5.41) is 8.90. The number of morpholine rings is 1. The standard InChI is InChI=1S/C20H23N3O3S/c1-16-2-6-18(7-3-16)20(15-23-10-12-26-13-11-23)22-27(24,25)19-8-4-17(14-21)5-9-19/h2-9,20,22H,10-13,15H2,1H3/p+1/t20-/m1/s1. The lowest BCUT2D eigenvalue weighted by molar-refractivity contribution is -0.909. The van der Waals surface area contributed by atoms with Crippen molar-refractivity contribution in [2.45, 2.75) is 17.9 Å². The van der Waals surface area contributed by atoms with Crippen LogP contribution in [0.15, 0.2) is 53.4 Å². The number of hydrogen-bond donors (Lipinski definition) is 2. The van der Waals surface area contributed by atoms with Gasteiger partial charge < -0.3 is 9.64 Å². The maximum Gasteiger partial charge on any atom is 0.241 e. The van der Waals surface area contributed by atoms with E-state index in [-0.39, 0.29) is 10.9 Å². The van der Waals surface area contributed by atoms with Crippen molar-refractivity contribution >= 4 is 10.0 Å². The SMILES string of the molecule is Cc1ccc([C@@H](C[NH+]2CCOCC2)NS(=O)(=O)c2ccc(C#N)cc2)cc1. The molecule has 7 heteroatoms. The lowest BCUT2D eigenvalue weighted by Crippen LogP contribution is -3.14. The van der Waals surface area contributed by atoms with Crippen LogP contribution in [0.2, 0.25) is 0 Å². The maximum absolute atomic E-state index is 12.9. The third-order valence-corrected chi connectivity index (χ3v) is 6.25. The zero-order valence-corrected chi connectivity index (χ0v) is 16.1. The van der Waals surface area contributed by atoms with E-state index >= 15 is 0 Å². The molecule has 6 nitrogen and oxygen atoms in total. The fourth-order valence-electron chi connectivity index (χ4n) is 3.14. The molecule has 0 amide bonds. The molecule has 0 saturated carbocycles. The Kier molecular flexibility index (Phi) is 6.24. The molecule has 1 atom stereocenters. The molecule has 0 aromatic heterocycles. The number of ether oxygens (including phenoxy) is 1. The molecule has 0 spiro atoms. The number of nitriles is 1. The van der Waals surface area contributed by atoms with Crippen LogP contribution in [0.5, 0.6) is 0 Å². The second-order valence-corrected chi connectivity index (χ2v) is 8.50. The summed E-state index contributed by atoms with van der Waals surface area (Å²) in [6, 6.07) is 15.6. The zero-order valence-electron chi connectivity index (χ0n) is 15.3. The van der Waals surface area contributed by atoms with E-state index in [0.717, 1.165) is 24.2 Å². The van der Waals surface area contributed by atoms with Crippen LogP contribution in [0.4, 0.5) is 0 Å². The summed E-state index contributed by atoms with van der Waals surface area (Å²) in [4.78, 5) is 1.48. The summed E-state index contributed by atoms with van der Waals surface area (Å²) in [6.45, 7) is 5.77. The molecule has 0 aliphatic carbocycles. The highest BCUT2D eigenvalue weighted by Crippen LogP contribution is 2.18. The summed E-state index contributed by atoms with van der Waals surface area (Å²) in [5.74, 6) is 0. The van der Waals surface area contributed by atoms with Gasteiger partial charge in [0.2, 0.25) is 10.0 Å². The van der Waals surface area contributed by atoms with Gasteiger partial charge in [-0.2, -0.15) is 9.98 Å². The van der Waals surface area contributed by atoms with Crippen LogP contribution < -0.4 is 9.62 Å². The monoisotopic (exact) mass is 386 g/mol. The summed E-state index contributed by atoms with van der Waals surface area (Å²) in [5.41, 5.74) is 2.50. The number of rotatable bonds is 6. The first kappa shape index (κ1) is 19.5. The van der Waals surface area contributed by atoms with Crippen molar-refractivity contribution in [3.8, 4) is 6.07 Å². The first-order valence-electron chi connectivity index (χ1n) is 8.98. The minimum Gasteiger partial charge on any atom is -0.370 e. The van der Waals surface area contributed by atoms with Gasteiger partial charge in [-0.25, -0.2) is 8.42 Å². The Morgan fingerprint density at radius 2 is 1.74 bits per heavy atom. The van der Waals surface area contributed by atoms with E-state index in [9.17, 15) is 8.42 Å². The molecule has 0 bridgehead atoms. The van der Waals surface area contributed by atoms with Crippen molar-refractivity contribution in [3.05, 3.63) is 65.2 Å². The Morgan fingerprint density at radius 1 is 1.11 bits per heavy atom. The topological polar surface area (TPSA) is 83.6 Å². The zero-order chi connectivity index (χ0) is 19.3. The van der Waals surface area contributed by atoms with Crippen LogP contribution in [-0.4, -0.2) is 41.3 Å². The summed E-state index contributed by atoms with van der Waals surface area (Å²) >= 11 is 0. The molecule has 1 saturated heterocycles. The highest BCUT2D eigenvalue weighted by Gasteiger charge is 2.26. The molecule has 0 unspecified atom stereocenters. The van der Waals surface area contributed by atoms with E-state index in [0.29, 0.717) is 25.3 Å². The predicted octanol–water partition coefficient (Wildman–Crippen LogP) is 0.801. The molecule has 1 fully saturated rings. The molecule has 3 rings (SSSR count). The van der Waals surface area contributed by atoms with Gasteiger partial charge in [-0.05, 0) is 36.8 Å². The average molecular weight is 386 g/mol. The first-order valence-corrected chi connectivity index (χ1v) is 10.5. The second kappa shape index (κ2) is 8.63. The van der Waals surface area contributed by atoms with Crippen molar-refractivity contribution in [1.29, 1.82) is 5.26 Å². The average Bonchev–Trinajstić information content (AvgIpc) is 2.69. The largest absolute Gasteiger partial charge is 0.370 e. The minimum absolute atomic E-state index is 0.163. The van der Waals surface area contributed by atoms with Gasteiger partial charge in [0.15, 0.2) is 0 Å². The third-order valence-electron chi connectivity index (χ3n) is 4.76. The lowest BCUT2D eigenvalue weighted by Gasteiger charge is -2.28. The molecular weight excluding hydrogens is 362 g/mol. The lowest BCUT2D eigenvalue weighted by atomic mass is 10.1. The smallest absolute Gasteiger partial charge is 0.241 e. The van der Waals surface area contributed by atoms with E-state index in [1.54, 1.807) is 0 Å². The van der Waals surface area contributed by atoms with Crippen LogP contribution in [0.25, 0.3) is 0 Å². The fraction of sp³-hybridized carbons (Fsp3) is 0.350. The van der Waals surface area contributed by atoms with Gasteiger partial charge in [-0.15, -0.1) is 0 Å². The molecule has 142 valence electrons. The van der Waals surface area contributed by atoms with E-state index in [2.05, 4.69) is 4.72 Å². The normalized spacial score (nSPS) is 16.6. The summed E-state index contributed by atoms with van der Waals surface area (Å²) in [7, 11) is -3.70. The first-order chi connectivity index (χ1) is 13.0. The molecule has 1 aliphatic rings. The van der Waals surface area contributed by atoms with E-state index < -0.39 is 10.0 Å². The number of quaternary nitrogens is 1. The molecule has 2 aromatic rings. The van der Waals surface area contributed by atoms with Crippen LogP contribution in [0.3, 0.4) is 0 Å². The Labute approximate surface area is 160 Å². The second-order valence-electron chi connectivity index (χ2n) is 6.79. The Hall–Kier alpha value is -2.24. The predicted molar refractivity (Wildman–Crippen MR) is 102 cm³/mol. The fourth-order valence-corrected chi connectivity index (χ4v) is 4.37.